The van der Waals surface area contributed by atoms with Gasteiger partial charge in [0, 0.05) is 6.42 Å². The molecule has 0 spiro atoms. The summed E-state index contributed by atoms with van der Waals surface area (Å²) in [6.45, 7) is 16.6. The van der Waals surface area contributed by atoms with Gasteiger partial charge in [0.15, 0.2) is 0 Å². The van der Waals surface area contributed by atoms with Crippen LogP contribution in [0.2, 0.25) is 0 Å². The van der Waals surface area contributed by atoms with E-state index in [1.165, 1.54) is 57.8 Å². The highest BCUT2D eigenvalue weighted by atomic mass is 32.2. The molecule has 0 radical (unpaired) electrons. The Hall–Kier alpha value is -0.0900. The van der Waals surface area contributed by atoms with E-state index in [2.05, 4.69) is 34.6 Å². The van der Waals surface area contributed by atoms with Crippen LogP contribution in [-0.4, -0.2) is 21.5 Å². The highest BCUT2D eigenvalue weighted by molar-refractivity contribution is 8.23. The number of fused-ring (bicyclic) bond motifs is 5. The minimum Gasteiger partial charge on any atom is -0.476 e. The second-order valence-electron chi connectivity index (χ2n) is 14.1. The second-order valence-corrected chi connectivity index (χ2v) is 15.9. The van der Waals surface area contributed by atoms with E-state index in [1.807, 2.05) is 13.8 Å². The lowest BCUT2D eigenvalue weighted by Crippen LogP contribution is -2.55. The van der Waals surface area contributed by atoms with Crippen molar-refractivity contribution in [2.24, 2.45) is 52.3 Å². The van der Waals surface area contributed by atoms with Gasteiger partial charge in [0.25, 0.3) is 0 Å². The maximum Gasteiger partial charge on any atom is 0.220 e. The molecule has 0 aromatic heterocycles. The van der Waals surface area contributed by atoms with Crippen molar-refractivity contribution in [2.75, 3.05) is 0 Å². The third-order valence-corrected chi connectivity index (χ3v) is 12.7. The van der Waals surface area contributed by atoms with Crippen LogP contribution in [0.1, 0.15) is 119 Å². The first-order chi connectivity index (χ1) is 16.5. The first-order valence-electron chi connectivity index (χ1n) is 14.9. The van der Waals surface area contributed by atoms with Crippen molar-refractivity contribution in [3.63, 3.8) is 0 Å². The van der Waals surface area contributed by atoms with Crippen LogP contribution < -0.4 is 0 Å². The van der Waals surface area contributed by atoms with Gasteiger partial charge in [-0.1, -0.05) is 65.6 Å². The molecule has 4 saturated carbocycles. The molecule has 4 aliphatic rings. The fourth-order valence-corrected chi connectivity index (χ4v) is 11.2. The Morgan fingerprint density at radius 1 is 1.00 bits per heavy atom. The van der Waals surface area contributed by atoms with Crippen LogP contribution in [0.3, 0.4) is 0 Å². The standard InChI is InChI=1S/C31H52O2S2/c1-19(2)9-8-10-21(5)24-13-14-25-23-12-11-22-17-27(32)28(35-29(34)33-20(3)4)18-31(22,7)26(23)15-16-30(24,25)6/h19-26,28H,8-18H2,1-7H3/t21-,22+,23+,24-,25+,26+,28?,30-,31+/m1/s1. The number of ether oxygens (including phenoxy) is 1. The molecule has 9 atom stereocenters. The van der Waals surface area contributed by atoms with E-state index >= 15 is 0 Å². The van der Waals surface area contributed by atoms with Crippen LogP contribution in [0.4, 0.5) is 0 Å². The lowest BCUT2D eigenvalue weighted by Gasteiger charge is -2.61. The number of carbonyl (C=O) groups excluding carboxylic acids is 1. The molecule has 200 valence electrons. The number of hydrogen-bond donors (Lipinski definition) is 0. The van der Waals surface area contributed by atoms with Gasteiger partial charge in [0.2, 0.25) is 4.38 Å². The van der Waals surface area contributed by atoms with Gasteiger partial charge in [-0.15, -0.1) is 0 Å². The summed E-state index contributed by atoms with van der Waals surface area (Å²) in [5.74, 6) is 6.13. The number of carbonyl (C=O) groups is 1. The van der Waals surface area contributed by atoms with E-state index in [4.69, 9.17) is 17.0 Å². The Balaban J connectivity index is 1.46. The number of ketones is 1. The monoisotopic (exact) mass is 520 g/mol. The van der Waals surface area contributed by atoms with Crippen molar-refractivity contribution in [1.29, 1.82) is 0 Å². The minimum absolute atomic E-state index is 0.00753. The molecule has 4 rings (SSSR count). The molecule has 0 heterocycles. The van der Waals surface area contributed by atoms with Crippen molar-refractivity contribution in [1.82, 2.24) is 0 Å². The quantitative estimate of drug-likeness (QED) is 0.313. The van der Waals surface area contributed by atoms with Crippen LogP contribution in [0.15, 0.2) is 0 Å². The van der Waals surface area contributed by atoms with Gasteiger partial charge in [-0.25, -0.2) is 0 Å². The summed E-state index contributed by atoms with van der Waals surface area (Å²) in [5.41, 5.74) is 0.817. The summed E-state index contributed by atoms with van der Waals surface area (Å²) in [4.78, 5) is 13.1. The van der Waals surface area contributed by atoms with Crippen molar-refractivity contribution >= 4 is 34.1 Å². The molecular formula is C31H52O2S2. The molecule has 4 fully saturated rings. The smallest absolute Gasteiger partial charge is 0.220 e. The second kappa shape index (κ2) is 11.0. The fourth-order valence-electron chi connectivity index (χ4n) is 9.54. The molecule has 2 nitrogen and oxygen atoms in total. The average Bonchev–Trinajstić information content (AvgIpc) is 3.11. The maximum atomic E-state index is 13.1. The molecule has 0 saturated heterocycles. The SMILES string of the molecule is CC(C)CCC[C@@H](C)[C@H]1CC[C@H]2[C@@H]3CC[C@H]4CC(=O)C(SC(=S)OC(C)C)C[C@]4(C)[C@H]3CC[C@]12C. The molecule has 35 heavy (non-hydrogen) atoms. The Bertz CT molecular complexity index is 778. The topological polar surface area (TPSA) is 26.3 Å². The molecule has 4 aliphatic carbocycles. The fraction of sp³-hybridized carbons (Fsp3) is 0.935. The molecule has 0 aromatic carbocycles. The van der Waals surface area contributed by atoms with E-state index in [1.54, 1.807) is 11.8 Å². The van der Waals surface area contributed by atoms with Gasteiger partial charge in [0.05, 0.1) is 11.4 Å². The number of hydrogen-bond acceptors (Lipinski definition) is 4. The van der Waals surface area contributed by atoms with Crippen LogP contribution in [0.25, 0.3) is 0 Å². The van der Waals surface area contributed by atoms with Gasteiger partial charge < -0.3 is 4.74 Å². The van der Waals surface area contributed by atoms with Gasteiger partial charge in [-0.05, 0) is 123 Å². The van der Waals surface area contributed by atoms with E-state index in [0.29, 0.717) is 21.5 Å². The van der Waals surface area contributed by atoms with Crippen molar-refractivity contribution in [3.8, 4) is 0 Å². The summed E-state index contributed by atoms with van der Waals surface area (Å²) in [6, 6.07) is 0. The lowest BCUT2D eigenvalue weighted by molar-refractivity contribution is -0.139. The summed E-state index contributed by atoms with van der Waals surface area (Å²) >= 11 is 7.05. The Morgan fingerprint density at radius 2 is 1.71 bits per heavy atom. The van der Waals surface area contributed by atoms with E-state index in [-0.39, 0.29) is 16.8 Å². The van der Waals surface area contributed by atoms with Crippen LogP contribution in [-0.2, 0) is 9.53 Å². The predicted octanol–water partition coefficient (Wildman–Crippen LogP) is 9.10. The normalized spacial score (nSPS) is 41.9. The zero-order valence-corrected chi connectivity index (χ0v) is 25.2. The van der Waals surface area contributed by atoms with Crippen LogP contribution >= 0.6 is 24.0 Å². The molecule has 0 N–H and O–H groups in total. The zero-order valence-electron chi connectivity index (χ0n) is 23.6. The predicted molar refractivity (Wildman–Crippen MR) is 154 cm³/mol. The first-order valence-corrected chi connectivity index (χ1v) is 16.1. The van der Waals surface area contributed by atoms with Crippen molar-refractivity contribution < 1.29 is 9.53 Å². The van der Waals surface area contributed by atoms with Crippen molar-refractivity contribution in [3.05, 3.63) is 0 Å². The molecule has 4 heteroatoms. The van der Waals surface area contributed by atoms with Gasteiger partial charge in [0.1, 0.15) is 5.78 Å². The third-order valence-electron chi connectivity index (χ3n) is 11.3. The largest absolute Gasteiger partial charge is 0.476 e. The number of rotatable bonds is 7. The summed E-state index contributed by atoms with van der Waals surface area (Å²) in [5, 5.41) is -0.00753. The highest BCUT2D eigenvalue weighted by Gasteiger charge is 2.61. The first kappa shape index (κ1) is 27.9. The Labute approximate surface area is 225 Å². The lowest BCUT2D eigenvalue weighted by atomic mass is 9.44. The maximum absolute atomic E-state index is 13.1. The number of thioether (sulfide) groups is 1. The Morgan fingerprint density at radius 3 is 2.40 bits per heavy atom. The molecule has 0 aromatic rings. The molecule has 1 unspecified atom stereocenters. The summed E-state index contributed by atoms with van der Waals surface area (Å²) in [6.07, 6.45) is 14.3. The minimum atomic E-state index is -0.00753. The third kappa shape index (κ3) is 5.55. The molecule has 0 amide bonds. The number of thiocarbonyl (C=S) groups is 1. The van der Waals surface area contributed by atoms with E-state index in [0.717, 1.165) is 48.3 Å². The highest BCUT2D eigenvalue weighted by Crippen LogP contribution is 2.68. The average molecular weight is 521 g/mol. The van der Waals surface area contributed by atoms with Crippen LogP contribution in [0, 0.1) is 52.3 Å². The number of Topliss-reactive ketones (excluding diaryl/α,β-unsaturated/α-hetero) is 1. The molecule has 0 aliphatic heterocycles. The van der Waals surface area contributed by atoms with Gasteiger partial charge in [-0.3, -0.25) is 4.79 Å². The Kier molecular flexibility index (Phi) is 8.74. The zero-order chi connectivity index (χ0) is 25.5. The summed E-state index contributed by atoms with van der Waals surface area (Å²) < 4.78 is 6.33. The van der Waals surface area contributed by atoms with Crippen LogP contribution in [0.5, 0.6) is 0 Å². The summed E-state index contributed by atoms with van der Waals surface area (Å²) in [7, 11) is 0. The molecule has 0 bridgehead atoms. The van der Waals surface area contributed by atoms with Gasteiger partial charge >= 0.3 is 0 Å². The van der Waals surface area contributed by atoms with Gasteiger partial charge in [-0.2, -0.15) is 0 Å². The molecular weight excluding hydrogens is 468 g/mol. The van der Waals surface area contributed by atoms with E-state index < -0.39 is 0 Å². The van der Waals surface area contributed by atoms with Crippen molar-refractivity contribution in [2.45, 2.75) is 130 Å². The van der Waals surface area contributed by atoms with E-state index in [9.17, 15) is 4.79 Å².